The molecule has 15 heteroatoms. The van der Waals surface area contributed by atoms with E-state index in [9.17, 15) is 18.0 Å². The monoisotopic (exact) mass is 757 g/mol. The van der Waals surface area contributed by atoms with Crippen LogP contribution in [0.3, 0.4) is 0 Å². The lowest BCUT2D eigenvalue weighted by molar-refractivity contribution is -0.189. The summed E-state index contributed by atoms with van der Waals surface area (Å²) in [5.41, 5.74) is -0.180. The number of carbonyl (C=O) groups is 1. The lowest BCUT2D eigenvalue weighted by atomic mass is 9.94. The first-order valence-corrected chi connectivity index (χ1v) is 18.6. The summed E-state index contributed by atoms with van der Waals surface area (Å²) in [6, 6.07) is 18.2. The van der Waals surface area contributed by atoms with E-state index in [-0.39, 0.29) is 54.4 Å². The Kier molecular flexibility index (Phi) is 11.9. The molecule has 1 amide bonds. The Morgan fingerprint density at radius 3 is 2.60 bits per heavy atom. The second-order valence-electron chi connectivity index (χ2n) is 14.1. The van der Waals surface area contributed by atoms with Gasteiger partial charge >= 0.3 is 6.18 Å². The molecule has 2 aliphatic rings. The second kappa shape index (κ2) is 16.3. The highest BCUT2D eigenvalue weighted by atomic mass is 35.5. The lowest BCUT2D eigenvalue weighted by Crippen LogP contribution is -2.31. The van der Waals surface area contributed by atoms with Crippen molar-refractivity contribution < 1.29 is 27.4 Å². The van der Waals surface area contributed by atoms with E-state index in [2.05, 4.69) is 39.3 Å². The molecule has 10 nitrogen and oxygen atoms in total. The van der Waals surface area contributed by atoms with E-state index in [0.29, 0.717) is 34.9 Å². The first-order chi connectivity index (χ1) is 24.9. The molecule has 1 saturated heterocycles. The van der Waals surface area contributed by atoms with Gasteiger partial charge in [-0.15, -0.1) is 5.10 Å². The molecule has 1 saturated carbocycles. The van der Waals surface area contributed by atoms with Crippen molar-refractivity contribution in [2.24, 2.45) is 11.3 Å². The molecule has 4 aromatic rings. The third-order valence-corrected chi connectivity index (χ3v) is 10.4. The smallest absolute Gasteiger partial charge is 0.394 e. The molecule has 3 aromatic heterocycles. The molecule has 0 bridgehead atoms. The number of rotatable bonds is 17. The summed E-state index contributed by atoms with van der Waals surface area (Å²) in [6.07, 6.45) is 1.36. The zero-order valence-corrected chi connectivity index (χ0v) is 30.7. The Morgan fingerprint density at radius 1 is 1.08 bits per heavy atom. The quantitative estimate of drug-likeness (QED) is 0.0555. The summed E-state index contributed by atoms with van der Waals surface area (Å²) < 4.78 is 55.4. The number of halogens is 4. The molecule has 3 N–H and O–H groups in total. The van der Waals surface area contributed by atoms with Crippen LogP contribution in [-0.4, -0.2) is 57.1 Å². The molecule has 1 atom stereocenters. The fraction of sp³-hybridized carbons (Fsp3) is 0.459. The maximum absolute atomic E-state index is 13.2. The summed E-state index contributed by atoms with van der Waals surface area (Å²) in [7, 11) is 0. The van der Waals surface area contributed by atoms with Crippen molar-refractivity contribution in [2.45, 2.75) is 82.1 Å². The van der Waals surface area contributed by atoms with Gasteiger partial charge in [0, 0.05) is 48.4 Å². The maximum Gasteiger partial charge on any atom is 0.394 e. The zero-order valence-electron chi connectivity index (χ0n) is 29.1. The minimum absolute atomic E-state index is 0.0356. The van der Waals surface area contributed by atoms with Gasteiger partial charge in [0.05, 0.1) is 17.6 Å². The van der Waals surface area contributed by atoms with Crippen molar-refractivity contribution >= 4 is 35.3 Å². The van der Waals surface area contributed by atoms with Gasteiger partial charge in [-0.2, -0.15) is 13.2 Å². The molecule has 52 heavy (non-hydrogen) atoms. The van der Waals surface area contributed by atoms with Crippen molar-refractivity contribution in [1.29, 1.82) is 0 Å². The predicted molar refractivity (Wildman–Crippen MR) is 195 cm³/mol. The summed E-state index contributed by atoms with van der Waals surface area (Å²) in [4.78, 5) is 22.2. The third kappa shape index (κ3) is 10.1. The van der Waals surface area contributed by atoms with Crippen molar-refractivity contribution in [3.63, 3.8) is 0 Å². The van der Waals surface area contributed by atoms with Crippen LogP contribution in [0.2, 0.25) is 5.15 Å². The van der Waals surface area contributed by atoms with Crippen LogP contribution in [0.4, 0.5) is 19.0 Å². The van der Waals surface area contributed by atoms with Crippen LogP contribution < -0.4 is 24.8 Å². The van der Waals surface area contributed by atoms with Crippen LogP contribution >= 0.6 is 23.5 Å². The largest absolute Gasteiger partial charge is 0.489 e. The van der Waals surface area contributed by atoms with E-state index in [1.54, 1.807) is 24.4 Å². The number of alkyl halides is 3. The molecular weight excluding hydrogens is 715 g/mol. The zero-order chi connectivity index (χ0) is 36.8. The average Bonchev–Trinajstić information content (AvgIpc) is 3.64. The number of ether oxygens (including phenoxy) is 2. The van der Waals surface area contributed by atoms with Crippen LogP contribution in [0.1, 0.15) is 74.7 Å². The van der Waals surface area contributed by atoms with E-state index >= 15 is 0 Å². The number of hydrogen-bond donors (Lipinski definition) is 3. The maximum atomic E-state index is 13.2. The Hall–Kier alpha value is -4.01. The first-order valence-electron chi connectivity index (χ1n) is 17.5. The number of nitrogens with one attached hydrogen (secondary N) is 3. The molecule has 2 fully saturated rings. The van der Waals surface area contributed by atoms with Gasteiger partial charge in [-0.1, -0.05) is 41.9 Å². The van der Waals surface area contributed by atoms with Crippen molar-refractivity contribution in [1.82, 2.24) is 29.8 Å². The fourth-order valence-corrected chi connectivity index (χ4v) is 7.21. The summed E-state index contributed by atoms with van der Waals surface area (Å²) >= 11 is 7.48. The lowest BCUT2D eigenvalue weighted by Gasteiger charge is -2.18. The van der Waals surface area contributed by atoms with E-state index in [1.165, 1.54) is 10.7 Å². The van der Waals surface area contributed by atoms with Gasteiger partial charge < -0.3 is 20.1 Å². The number of carbonyl (C=O) groups excluding carboxylic acids is 1. The third-order valence-electron chi connectivity index (χ3n) is 9.42. The highest BCUT2D eigenvalue weighted by Gasteiger charge is 2.62. The topological polar surface area (TPSA) is 115 Å². The van der Waals surface area contributed by atoms with Gasteiger partial charge in [-0.3, -0.25) is 9.52 Å². The van der Waals surface area contributed by atoms with Crippen LogP contribution in [0.15, 0.2) is 71.9 Å². The summed E-state index contributed by atoms with van der Waals surface area (Å²) in [5.74, 6) is 2.03. The van der Waals surface area contributed by atoms with Crippen molar-refractivity contribution in [2.75, 3.05) is 25.0 Å². The molecule has 6 rings (SSSR count). The van der Waals surface area contributed by atoms with Crippen LogP contribution in [-0.2, 0) is 6.61 Å². The van der Waals surface area contributed by atoms with E-state index < -0.39 is 17.5 Å². The van der Waals surface area contributed by atoms with Crippen molar-refractivity contribution in [3.05, 3.63) is 83.1 Å². The van der Waals surface area contributed by atoms with Gasteiger partial charge in [0.2, 0.25) is 5.88 Å². The van der Waals surface area contributed by atoms with Gasteiger partial charge in [0.15, 0.2) is 5.82 Å². The summed E-state index contributed by atoms with van der Waals surface area (Å²) in [5, 5.41) is 11.8. The Balaban J connectivity index is 1.03. The molecule has 0 spiro atoms. The number of aromatic nitrogens is 4. The molecule has 1 aliphatic carbocycles. The van der Waals surface area contributed by atoms with Gasteiger partial charge in [-0.25, -0.2) is 14.6 Å². The Bertz CT molecular complexity index is 1820. The van der Waals surface area contributed by atoms with Crippen LogP contribution in [0.25, 0.3) is 5.82 Å². The molecule has 0 radical (unpaired) electrons. The number of pyridine rings is 2. The number of hydrogen-bond acceptors (Lipinski definition) is 9. The molecule has 278 valence electrons. The molecular formula is C37H43ClF3N7O3S. The summed E-state index contributed by atoms with van der Waals surface area (Å²) in [6.45, 7) is 6.77. The predicted octanol–water partition coefficient (Wildman–Crippen LogP) is 8.41. The second-order valence-corrected chi connectivity index (χ2v) is 15.3. The van der Waals surface area contributed by atoms with Gasteiger partial charge in [0.25, 0.3) is 5.91 Å². The number of amides is 1. The number of nitrogens with zero attached hydrogens (tertiary/aromatic N) is 4. The van der Waals surface area contributed by atoms with E-state index in [4.69, 9.17) is 26.1 Å². The molecule has 4 heterocycles. The highest BCUT2D eigenvalue weighted by Crippen LogP contribution is 2.60. The van der Waals surface area contributed by atoms with E-state index in [1.807, 2.05) is 36.4 Å². The molecule has 1 aromatic carbocycles. The fourth-order valence-electron chi connectivity index (χ4n) is 6.35. The van der Waals surface area contributed by atoms with Crippen molar-refractivity contribution in [3.8, 4) is 17.4 Å². The first kappa shape index (κ1) is 37.7. The number of anilines is 1. The number of benzene rings is 1. The Labute approximate surface area is 310 Å². The highest BCUT2D eigenvalue weighted by molar-refractivity contribution is 7.97. The molecule has 1 aliphatic heterocycles. The van der Waals surface area contributed by atoms with Crippen LogP contribution in [0.5, 0.6) is 11.6 Å². The van der Waals surface area contributed by atoms with Crippen LogP contribution in [0, 0.1) is 11.3 Å². The molecule has 0 unspecified atom stereocenters. The minimum Gasteiger partial charge on any atom is -0.489 e. The standard InChI is InChI=1S/C37H43ClF3N7O3S/c1-35(2)22-26(23-43-35)10-6-17-42-29-20-27(51-24-25-8-4-3-5-9-25)21-32(44-29)52-47-34(49)28-11-12-30(45-33(28)38)48-18-13-31(46-48)50-19-7-14-36(15-16-36)37(39,40)41/h3-5,8-9,11-13,18,20-21,26,43H,6-7,10,14-17,19,22-24H2,1-2H3,(H,42,44)(H,47,49)/t26-/m0/s1. The Morgan fingerprint density at radius 2 is 1.88 bits per heavy atom. The van der Waals surface area contributed by atoms with E-state index in [0.717, 1.165) is 49.9 Å². The SMILES string of the molecule is CC1(C)C[C@H](CCCNc2cc(OCc3ccccc3)cc(SNC(=O)c3ccc(-n4ccc(OCCCC5(C(F)(F)F)CC5)n4)nc3Cl)n2)CN1. The van der Waals surface area contributed by atoms with Gasteiger partial charge in [0.1, 0.15) is 28.4 Å². The minimum atomic E-state index is -4.17. The average molecular weight is 758 g/mol. The van der Waals surface area contributed by atoms with Gasteiger partial charge in [-0.05, 0) is 89.0 Å². The normalized spacial score (nSPS) is 17.5.